The van der Waals surface area contributed by atoms with Crippen molar-refractivity contribution in [2.75, 3.05) is 20.1 Å². The second-order valence-corrected chi connectivity index (χ2v) is 7.33. The average molecular weight is 385 g/mol. The van der Waals surface area contributed by atoms with Gasteiger partial charge in [-0.1, -0.05) is 67.7 Å². The van der Waals surface area contributed by atoms with Crippen LogP contribution in [0.3, 0.4) is 0 Å². The van der Waals surface area contributed by atoms with Crippen LogP contribution in [0.1, 0.15) is 64.7 Å². The molecule has 0 bridgehead atoms. The fraction of sp³-hybridized carbons (Fsp3) is 0.560. The maximum absolute atomic E-state index is 11.9. The Balaban J connectivity index is 1.95. The fourth-order valence-corrected chi connectivity index (χ4v) is 3.14. The molecule has 1 aliphatic heterocycles. The number of amides is 1. The van der Waals surface area contributed by atoms with Crippen LogP contribution in [0, 0.1) is 0 Å². The second-order valence-electron chi connectivity index (χ2n) is 7.33. The molecule has 3 heteroatoms. The standard InChI is InChI=1S/C25H40N2O/c1-3-4-5-6-7-8-9-10-11-12-13-14-15-16-17-18-21-25(28)26-23-24-20-19-22-27(24)2/h4-5,7-8,10-11,13-14,16-17,24H,3,6,9,12,15,18-23H2,1-2H3,(H,26,28). The molecule has 1 atom stereocenters. The molecule has 0 spiro atoms. The molecule has 0 aromatic rings. The van der Waals surface area contributed by atoms with E-state index in [1.807, 2.05) is 0 Å². The first-order valence-corrected chi connectivity index (χ1v) is 11.0. The van der Waals surface area contributed by atoms with E-state index < -0.39 is 0 Å². The maximum atomic E-state index is 11.9. The molecule has 28 heavy (non-hydrogen) atoms. The summed E-state index contributed by atoms with van der Waals surface area (Å²) in [6.45, 7) is 4.10. The lowest BCUT2D eigenvalue weighted by molar-refractivity contribution is -0.121. The van der Waals surface area contributed by atoms with Gasteiger partial charge in [0.25, 0.3) is 0 Å². The lowest BCUT2D eigenvalue weighted by atomic mass is 10.2. The number of hydrogen-bond donors (Lipinski definition) is 1. The van der Waals surface area contributed by atoms with E-state index in [2.05, 4.69) is 84.9 Å². The highest BCUT2D eigenvalue weighted by molar-refractivity contribution is 5.76. The topological polar surface area (TPSA) is 32.3 Å². The predicted octanol–water partition coefficient (Wildman–Crippen LogP) is 5.73. The molecule has 1 heterocycles. The van der Waals surface area contributed by atoms with E-state index in [0.717, 1.165) is 51.6 Å². The van der Waals surface area contributed by atoms with E-state index in [4.69, 9.17) is 0 Å². The molecule has 1 saturated heterocycles. The van der Waals surface area contributed by atoms with Crippen LogP contribution in [0.2, 0.25) is 0 Å². The highest BCUT2D eigenvalue weighted by Crippen LogP contribution is 2.13. The predicted molar refractivity (Wildman–Crippen MR) is 122 cm³/mol. The van der Waals surface area contributed by atoms with Crippen LogP contribution in [0.5, 0.6) is 0 Å². The molecule has 0 aromatic heterocycles. The van der Waals surface area contributed by atoms with Gasteiger partial charge >= 0.3 is 0 Å². The Morgan fingerprint density at radius 2 is 1.43 bits per heavy atom. The van der Waals surface area contributed by atoms with Crippen molar-refractivity contribution in [1.82, 2.24) is 10.2 Å². The van der Waals surface area contributed by atoms with Gasteiger partial charge in [0, 0.05) is 19.0 Å². The molecule has 156 valence electrons. The summed E-state index contributed by atoms with van der Waals surface area (Å²) in [5, 5.41) is 3.06. The number of rotatable bonds is 14. The number of carbonyl (C=O) groups excluding carboxylic acids is 1. The maximum Gasteiger partial charge on any atom is 0.220 e. The van der Waals surface area contributed by atoms with Gasteiger partial charge in [0.2, 0.25) is 5.91 Å². The van der Waals surface area contributed by atoms with Gasteiger partial charge in [-0.3, -0.25) is 4.79 Å². The quantitative estimate of drug-likeness (QED) is 0.388. The van der Waals surface area contributed by atoms with E-state index >= 15 is 0 Å². The van der Waals surface area contributed by atoms with Crippen molar-refractivity contribution in [3.8, 4) is 0 Å². The third kappa shape index (κ3) is 13.3. The lowest BCUT2D eigenvalue weighted by Gasteiger charge is -2.19. The van der Waals surface area contributed by atoms with Crippen LogP contribution in [0.4, 0.5) is 0 Å². The monoisotopic (exact) mass is 384 g/mol. The van der Waals surface area contributed by atoms with Crippen molar-refractivity contribution >= 4 is 5.91 Å². The molecule has 1 N–H and O–H groups in total. The minimum atomic E-state index is 0.168. The summed E-state index contributed by atoms with van der Waals surface area (Å²) in [6.07, 6.45) is 30.8. The molecular weight excluding hydrogens is 344 g/mol. The number of likely N-dealkylation sites (tertiary alicyclic amines) is 1. The molecule has 0 radical (unpaired) electrons. The minimum Gasteiger partial charge on any atom is -0.355 e. The van der Waals surface area contributed by atoms with Crippen LogP contribution in [-0.2, 0) is 4.79 Å². The third-order valence-electron chi connectivity index (χ3n) is 4.90. The summed E-state index contributed by atoms with van der Waals surface area (Å²) in [6, 6.07) is 0.526. The van der Waals surface area contributed by atoms with Gasteiger partial charge in [-0.2, -0.15) is 0 Å². The Bertz CT molecular complexity index is 543. The second kappa shape index (κ2) is 17.2. The summed E-state index contributed by atoms with van der Waals surface area (Å²) in [5.41, 5.74) is 0. The first kappa shape index (κ1) is 24.2. The van der Waals surface area contributed by atoms with Gasteiger partial charge in [0.05, 0.1) is 0 Å². The van der Waals surface area contributed by atoms with Crippen LogP contribution in [-0.4, -0.2) is 37.0 Å². The average Bonchev–Trinajstić information content (AvgIpc) is 3.11. The van der Waals surface area contributed by atoms with Gasteiger partial charge in [-0.15, -0.1) is 0 Å². The summed E-state index contributed by atoms with van der Waals surface area (Å²) in [4.78, 5) is 14.2. The molecular formula is C25H40N2O. The van der Waals surface area contributed by atoms with Gasteiger partial charge < -0.3 is 10.2 Å². The molecule has 0 aromatic carbocycles. The minimum absolute atomic E-state index is 0.168. The Kier molecular flexibility index (Phi) is 14.9. The molecule has 1 fully saturated rings. The van der Waals surface area contributed by atoms with E-state index in [1.165, 1.54) is 12.8 Å². The number of likely N-dealkylation sites (N-methyl/N-ethyl adjacent to an activating group) is 1. The smallest absolute Gasteiger partial charge is 0.220 e. The van der Waals surface area contributed by atoms with Crippen molar-refractivity contribution in [3.63, 3.8) is 0 Å². The molecule has 0 aliphatic carbocycles. The number of hydrogen-bond acceptors (Lipinski definition) is 2. The SMILES string of the molecule is CCC=CCC=CCC=CCC=CCC=CCCC(=O)NCC1CCCN1C. The highest BCUT2D eigenvalue weighted by atomic mass is 16.1. The summed E-state index contributed by atoms with van der Waals surface area (Å²) in [5.74, 6) is 0.168. The normalized spacial score (nSPS) is 18.7. The largest absolute Gasteiger partial charge is 0.355 e. The third-order valence-corrected chi connectivity index (χ3v) is 4.90. The van der Waals surface area contributed by atoms with Crippen molar-refractivity contribution in [2.24, 2.45) is 0 Å². The van der Waals surface area contributed by atoms with E-state index in [0.29, 0.717) is 12.5 Å². The van der Waals surface area contributed by atoms with Crippen molar-refractivity contribution in [1.29, 1.82) is 0 Å². The van der Waals surface area contributed by atoms with Gasteiger partial charge in [0.15, 0.2) is 0 Å². The highest BCUT2D eigenvalue weighted by Gasteiger charge is 2.20. The molecule has 1 rings (SSSR count). The summed E-state index contributed by atoms with van der Waals surface area (Å²) in [7, 11) is 2.14. The molecule has 1 aliphatic rings. The molecule has 1 unspecified atom stereocenters. The van der Waals surface area contributed by atoms with Gasteiger partial charge in [-0.05, 0) is 65.0 Å². The molecule has 0 saturated carbocycles. The Morgan fingerprint density at radius 3 is 1.93 bits per heavy atom. The van der Waals surface area contributed by atoms with Crippen molar-refractivity contribution in [2.45, 2.75) is 70.8 Å². The van der Waals surface area contributed by atoms with Crippen LogP contribution < -0.4 is 5.32 Å². The van der Waals surface area contributed by atoms with Gasteiger partial charge in [-0.25, -0.2) is 0 Å². The first-order valence-electron chi connectivity index (χ1n) is 11.0. The summed E-state index contributed by atoms with van der Waals surface area (Å²) >= 11 is 0. The lowest BCUT2D eigenvalue weighted by Crippen LogP contribution is -2.38. The van der Waals surface area contributed by atoms with Crippen molar-refractivity contribution in [3.05, 3.63) is 60.8 Å². The zero-order valence-electron chi connectivity index (χ0n) is 18.0. The van der Waals surface area contributed by atoms with E-state index in [1.54, 1.807) is 0 Å². The first-order chi connectivity index (χ1) is 13.7. The fourth-order valence-electron chi connectivity index (χ4n) is 3.14. The number of allylic oxidation sites excluding steroid dienone is 10. The van der Waals surface area contributed by atoms with E-state index in [9.17, 15) is 4.79 Å². The van der Waals surface area contributed by atoms with Crippen LogP contribution >= 0.6 is 0 Å². The Hall–Kier alpha value is -1.87. The molecule has 3 nitrogen and oxygen atoms in total. The summed E-state index contributed by atoms with van der Waals surface area (Å²) < 4.78 is 0. The van der Waals surface area contributed by atoms with Gasteiger partial charge in [0.1, 0.15) is 0 Å². The van der Waals surface area contributed by atoms with Crippen LogP contribution in [0.15, 0.2) is 60.8 Å². The zero-order chi connectivity index (χ0) is 20.3. The zero-order valence-corrected chi connectivity index (χ0v) is 18.0. The Morgan fingerprint density at radius 1 is 0.893 bits per heavy atom. The van der Waals surface area contributed by atoms with Crippen LogP contribution in [0.25, 0.3) is 0 Å². The number of nitrogens with one attached hydrogen (secondary N) is 1. The van der Waals surface area contributed by atoms with Crippen molar-refractivity contribution < 1.29 is 4.79 Å². The number of nitrogens with zero attached hydrogens (tertiary/aromatic N) is 1. The van der Waals surface area contributed by atoms with E-state index in [-0.39, 0.29) is 5.91 Å². The number of carbonyl (C=O) groups is 1. The molecule has 1 amide bonds. The Labute approximate surface area is 173 Å².